The van der Waals surface area contributed by atoms with Crippen LogP contribution in [0.5, 0.6) is 0 Å². The summed E-state index contributed by atoms with van der Waals surface area (Å²) in [5, 5.41) is 0. The van der Waals surface area contributed by atoms with Crippen LogP contribution in [0.4, 0.5) is 4.79 Å². The van der Waals surface area contributed by atoms with E-state index in [0.717, 1.165) is 5.52 Å². The maximum Gasteiger partial charge on any atom is 0.409 e. The molecule has 0 atom stereocenters. The molecular formula is C14H17N3O4. The number of piperazine rings is 1. The lowest BCUT2D eigenvalue weighted by Crippen LogP contribution is -2.50. The molecule has 0 spiro atoms. The summed E-state index contributed by atoms with van der Waals surface area (Å²) in [7, 11) is 0. The van der Waals surface area contributed by atoms with Crippen LogP contribution in [0.1, 0.15) is 17.4 Å². The summed E-state index contributed by atoms with van der Waals surface area (Å²) in [5.74, 6) is -0.0788. The van der Waals surface area contributed by atoms with Crippen molar-refractivity contribution in [3.63, 3.8) is 0 Å². The molecule has 1 aliphatic heterocycles. The molecule has 1 saturated heterocycles. The number of aromatic nitrogens is 1. The van der Waals surface area contributed by atoms with E-state index >= 15 is 0 Å². The van der Waals surface area contributed by atoms with E-state index in [1.54, 1.807) is 35.1 Å². The van der Waals surface area contributed by atoms with Gasteiger partial charge in [-0.05, 0) is 6.92 Å². The monoisotopic (exact) mass is 291 g/mol. The molecule has 2 aromatic heterocycles. The van der Waals surface area contributed by atoms with Gasteiger partial charge in [0.15, 0.2) is 5.58 Å². The molecule has 2 amide bonds. The van der Waals surface area contributed by atoms with Crippen LogP contribution in [-0.4, -0.2) is 59.6 Å². The fourth-order valence-corrected chi connectivity index (χ4v) is 2.44. The maximum atomic E-state index is 12.4. The van der Waals surface area contributed by atoms with E-state index in [1.807, 2.05) is 0 Å². The molecule has 2 aromatic rings. The second-order valence-corrected chi connectivity index (χ2v) is 4.86. The quantitative estimate of drug-likeness (QED) is 0.913. The van der Waals surface area contributed by atoms with Crippen molar-refractivity contribution in [3.8, 4) is 0 Å². The predicted octanol–water partition coefficient (Wildman–Crippen LogP) is 1.68. The number of hydrogen-bond donors (Lipinski definition) is 1. The zero-order valence-electron chi connectivity index (χ0n) is 11.8. The van der Waals surface area contributed by atoms with Crippen LogP contribution >= 0.6 is 0 Å². The Morgan fingerprint density at radius 3 is 2.67 bits per heavy atom. The van der Waals surface area contributed by atoms with Gasteiger partial charge in [0.2, 0.25) is 0 Å². The third kappa shape index (κ3) is 2.58. The smallest absolute Gasteiger partial charge is 0.409 e. The highest BCUT2D eigenvalue weighted by molar-refractivity contribution is 5.96. The summed E-state index contributed by atoms with van der Waals surface area (Å²) in [6.45, 7) is 4.11. The second kappa shape index (κ2) is 5.51. The molecule has 0 unspecified atom stereocenters. The van der Waals surface area contributed by atoms with Gasteiger partial charge in [0.25, 0.3) is 5.91 Å². The molecule has 1 aliphatic rings. The van der Waals surface area contributed by atoms with Crippen LogP contribution in [0.2, 0.25) is 0 Å². The largest absolute Gasteiger partial charge is 0.463 e. The number of nitrogens with one attached hydrogen (secondary N) is 1. The number of furan rings is 1. The summed E-state index contributed by atoms with van der Waals surface area (Å²) < 4.78 is 10.2. The Bertz CT molecular complexity index is 624. The number of ether oxygens (including phenoxy) is 1. The van der Waals surface area contributed by atoms with Gasteiger partial charge >= 0.3 is 6.09 Å². The molecule has 0 aliphatic carbocycles. The van der Waals surface area contributed by atoms with E-state index < -0.39 is 0 Å². The summed E-state index contributed by atoms with van der Waals surface area (Å²) in [5.41, 5.74) is 1.99. The van der Waals surface area contributed by atoms with Gasteiger partial charge in [-0.25, -0.2) is 4.79 Å². The number of hydrogen-bond acceptors (Lipinski definition) is 4. The van der Waals surface area contributed by atoms with E-state index in [2.05, 4.69) is 4.98 Å². The van der Waals surface area contributed by atoms with Gasteiger partial charge in [-0.3, -0.25) is 4.79 Å². The average molecular weight is 291 g/mol. The minimum Gasteiger partial charge on any atom is -0.463 e. The van der Waals surface area contributed by atoms with Crippen molar-refractivity contribution in [2.75, 3.05) is 32.8 Å². The third-order valence-corrected chi connectivity index (χ3v) is 3.56. The maximum absolute atomic E-state index is 12.4. The van der Waals surface area contributed by atoms with Crippen molar-refractivity contribution < 1.29 is 18.7 Å². The van der Waals surface area contributed by atoms with Crippen LogP contribution in [0.3, 0.4) is 0 Å². The lowest BCUT2D eigenvalue weighted by Gasteiger charge is -2.33. The van der Waals surface area contributed by atoms with Gasteiger partial charge < -0.3 is 23.9 Å². The predicted molar refractivity (Wildman–Crippen MR) is 75.1 cm³/mol. The number of nitrogens with zero attached hydrogens (tertiary/aromatic N) is 2. The summed E-state index contributed by atoms with van der Waals surface area (Å²) in [6, 6.07) is 3.49. The molecular weight excluding hydrogens is 274 g/mol. The van der Waals surface area contributed by atoms with Crippen molar-refractivity contribution in [3.05, 3.63) is 24.1 Å². The standard InChI is InChI=1S/C14H17N3O4/c1-2-20-14(19)17-6-4-16(5-7-17)13(18)11-9-12-10(15-11)3-8-21-12/h3,8-9,15H,2,4-7H2,1H3. The number of carbonyl (C=O) groups excluding carboxylic acids is 2. The van der Waals surface area contributed by atoms with E-state index in [4.69, 9.17) is 9.15 Å². The first-order valence-corrected chi connectivity index (χ1v) is 6.96. The Hall–Kier alpha value is -2.44. The first kappa shape index (κ1) is 13.5. The number of rotatable bonds is 2. The lowest BCUT2D eigenvalue weighted by atomic mass is 10.3. The van der Waals surface area contributed by atoms with Crippen molar-refractivity contribution in [2.24, 2.45) is 0 Å². The minimum atomic E-state index is -0.318. The van der Waals surface area contributed by atoms with Crippen LogP contribution in [0.25, 0.3) is 11.1 Å². The van der Waals surface area contributed by atoms with Crippen molar-refractivity contribution in [1.29, 1.82) is 0 Å². The van der Waals surface area contributed by atoms with Crippen molar-refractivity contribution in [1.82, 2.24) is 14.8 Å². The van der Waals surface area contributed by atoms with Crippen LogP contribution in [0, 0.1) is 0 Å². The molecule has 7 heteroatoms. The molecule has 0 radical (unpaired) electrons. The van der Waals surface area contributed by atoms with Gasteiger partial charge in [0.05, 0.1) is 18.4 Å². The number of carbonyl (C=O) groups is 2. The van der Waals surface area contributed by atoms with Gasteiger partial charge in [-0.15, -0.1) is 0 Å². The van der Waals surface area contributed by atoms with Crippen molar-refractivity contribution >= 4 is 23.1 Å². The lowest BCUT2D eigenvalue weighted by molar-refractivity contribution is 0.0566. The molecule has 3 rings (SSSR count). The van der Waals surface area contributed by atoms with Crippen LogP contribution < -0.4 is 0 Å². The number of H-pyrrole nitrogens is 1. The Morgan fingerprint density at radius 1 is 1.29 bits per heavy atom. The van der Waals surface area contributed by atoms with E-state index in [1.165, 1.54) is 0 Å². The number of aromatic amines is 1. The van der Waals surface area contributed by atoms with E-state index in [9.17, 15) is 9.59 Å². The van der Waals surface area contributed by atoms with Gasteiger partial charge in [0.1, 0.15) is 5.69 Å². The van der Waals surface area contributed by atoms with Crippen LogP contribution in [-0.2, 0) is 4.74 Å². The molecule has 0 aromatic carbocycles. The van der Waals surface area contributed by atoms with Crippen molar-refractivity contribution in [2.45, 2.75) is 6.92 Å². The highest BCUT2D eigenvalue weighted by Crippen LogP contribution is 2.18. The molecule has 0 bridgehead atoms. The second-order valence-electron chi connectivity index (χ2n) is 4.86. The minimum absolute atomic E-state index is 0.0788. The topological polar surface area (TPSA) is 78.8 Å². The van der Waals surface area contributed by atoms with Crippen LogP contribution in [0.15, 0.2) is 22.8 Å². The molecule has 7 nitrogen and oxygen atoms in total. The summed E-state index contributed by atoms with van der Waals surface area (Å²) >= 11 is 0. The zero-order valence-corrected chi connectivity index (χ0v) is 11.8. The molecule has 3 heterocycles. The Balaban J connectivity index is 1.62. The SMILES string of the molecule is CCOC(=O)N1CCN(C(=O)c2cc3occc3[nH]2)CC1. The van der Waals surface area contributed by atoms with E-state index in [0.29, 0.717) is 44.1 Å². The third-order valence-electron chi connectivity index (χ3n) is 3.56. The first-order chi connectivity index (χ1) is 10.2. The van der Waals surface area contributed by atoms with Gasteiger partial charge in [-0.1, -0.05) is 0 Å². The number of amides is 2. The first-order valence-electron chi connectivity index (χ1n) is 6.96. The summed E-state index contributed by atoms with van der Waals surface area (Å²) in [6.07, 6.45) is 1.26. The molecule has 1 fully saturated rings. The highest BCUT2D eigenvalue weighted by atomic mass is 16.6. The Labute approximate surface area is 121 Å². The summed E-state index contributed by atoms with van der Waals surface area (Å²) in [4.78, 5) is 30.4. The van der Waals surface area contributed by atoms with E-state index in [-0.39, 0.29) is 12.0 Å². The Morgan fingerprint density at radius 2 is 2.00 bits per heavy atom. The average Bonchev–Trinajstić information content (AvgIpc) is 3.08. The molecule has 0 saturated carbocycles. The fourth-order valence-electron chi connectivity index (χ4n) is 2.44. The normalized spacial score (nSPS) is 15.5. The fraction of sp³-hybridized carbons (Fsp3) is 0.429. The zero-order chi connectivity index (χ0) is 14.8. The van der Waals surface area contributed by atoms with Gasteiger partial charge in [0, 0.05) is 38.3 Å². The Kier molecular flexibility index (Phi) is 3.55. The molecule has 1 N–H and O–H groups in total. The molecule has 21 heavy (non-hydrogen) atoms. The molecule has 112 valence electrons. The number of fused-ring (bicyclic) bond motifs is 1. The highest BCUT2D eigenvalue weighted by Gasteiger charge is 2.26. The van der Waals surface area contributed by atoms with Gasteiger partial charge in [-0.2, -0.15) is 0 Å².